The number of carbonyl (C=O) groups excluding carboxylic acids is 1. The van der Waals surface area contributed by atoms with Gasteiger partial charge in [-0.05, 0) is 19.1 Å². The second-order valence-corrected chi connectivity index (χ2v) is 5.06. The molecule has 1 N–H and O–H groups in total. The molecule has 1 unspecified atom stereocenters. The van der Waals surface area contributed by atoms with Gasteiger partial charge in [0.2, 0.25) is 5.91 Å². The monoisotopic (exact) mass is 232 g/mol. The molecule has 1 heterocycles. The lowest BCUT2D eigenvalue weighted by Crippen LogP contribution is -2.37. The molecular formula is C14H20N2O. The first-order valence-electron chi connectivity index (χ1n) is 6.19. The smallest absolute Gasteiger partial charge is 0.228 e. The van der Waals surface area contributed by atoms with E-state index in [-0.39, 0.29) is 11.9 Å². The topological polar surface area (TPSA) is 32.3 Å². The van der Waals surface area contributed by atoms with E-state index >= 15 is 0 Å². The molecule has 3 heteroatoms. The van der Waals surface area contributed by atoms with Crippen molar-refractivity contribution in [3.8, 4) is 0 Å². The predicted molar refractivity (Wildman–Crippen MR) is 70.2 cm³/mol. The van der Waals surface area contributed by atoms with Crippen LogP contribution < -0.4 is 10.2 Å². The number of amides is 1. The number of nitrogens with one attached hydrogen (secondary N) is 1. The number of nitrogens with zero attached hydrogens (tertiary/aromatic N) is 1. The molecule has 0 spiro atoms. The highest BCUT2D eigenvalue weighted by Gasteiger charge is 2.30. The molecule has 1 saturated heterocycles. The van der Waals surface area contributed by atoms with Crippen LogP contribution in [0, 0.1) is 6.92 Å². The van der Waals surface area contributed by atoms with Crippen LogP contribution in [-0.4, -0.2) is 24.5 Å². The van der Waals surface area contributed by atoms with E-state index in [1.54, 1.807) is 0 Å². The van der Waals surface area contributed by atoms with E-state index in [0.717, 1.165) is 12.2 Å². The molecule has 17 heavy (non-hydrogen) atoms. The van der Waals surface area contributed by atoms with Crippen LogP contribution in [0.3, 0.4) is 0 Å². The van der Waals surface area contributed by atoms with Gasteiger partial charge in [-0.1, -0.05) is 31.5 Å². The molecule has 1 aliphatic heterocycles. The molecule has 1 aromatic rings. The van der Waals surface area contributed by atoms with Crippen molar-refractivity contribution in [2.24, 2.45) is 0 Å². The lowest BCUT2D eigenvalue weighted by atomic mass is 10.2. The van der Waals surface area contributed by atoms with Crippen molar-refractivity contribution < 1.29 is 4.79 Å². The zero-order valence-electron chi connectivity index (χ0n) is 10.7. The van der Waals surface area contributed by atoms with Crippen LogP contribution in [0.2, 0.25) is 0 Å². The van der Waals surface area contributed by atoms with Crippen LogP contribution in [0.5, 0.6) is 0 Å². The lowest BCUT2D eigenvalue weighted by Gasteiger charge is -2.18. The second kappa shape index (κ2) is 4.88. The summed E-state index contributed by atoms with van der Waals surface area (Å²) in [6.45, 7) is 7.05. The molecule has 2 rings (SSSR count). The van der Waals surface area contributed by atoms with Crippen molar-refractivity contribution in [3.05, 3.63) is 29.8 Å². The van der Waals surface area contributed by atoms with Crippen LogP contribution in [0.4, 0.5) is 5.69 Å². The van der Waals surface area contributed by atoms with E-state index in [1.165, 1.54) is 5.56 Å². The van der Waals surface area contributed by atoms with Gasteiger partial charge in [0.15, 0.2) is 0 Å². The zero-order valence-corrected chi connectivity index (χ0v) is 10.7. The number of rotatable bonds is 3. The standard InChI is InChI=1S/C14H20N2O/c1-10(2)15-12-8-14(17)16(9-12)13-6-4-11(3)5-7-13/h4-7,10,12,15H,8-9H2,1-3H3. The molecule has 1 aliphatic rings. The summed E-state index contributed by atoms with van der Waals surface area (Å²) in [5.41, 5.74) is 2.23. The Balaban J connectivity index is 2.07. The van der Waals surface area contributed by atoms with Gasteiger partial charge in [-0.25, -0.2) is 0 Å². The maximum atomic E-state index is 11.9. The van der Waals surface area contributed by atoms with Crippen LogP contribution in [-0.2, 0) is 4.79 Å². The third kappa shape index (κ3) is 2.86. The number of anilines is 1. The van der Waals surface area contributed by atoms with Crippen molar-refractivity contribution in [3.63, 3.8) is 0 Å². The molecule has 92 valence electrons. The minimum atomic E-state index is 0.215. The molecule has 1 amide bonds. The first-order valence-corrected chi connectivity index (χ1v) is 6.19. The maximum Gasteiger partial charge on any atom is 0.228 e. The van der Waals surface area contributed by atoms with Gasteiger partial charge in [0.1, 0.15) is 0 Å². The van der Waals surface area contributed by atoms with Crippen LogP contribution in [0.15, 0.2) is 24.3 Å². The molecule has 1 aromatic carbocycles. The fourth-order valence-electron chi connectivity index (χ4n) is 2.26. The molecule has 0 bridgehead atoms. The van der Waals surface area contributed by atoms with Gasteiger partial charge in [-0.15, -0.1) is 0 Å². The van der Waals surface area contributed by atoms with Crippen molar-refractivity contribution in [2.45, 2.75) is 39.3 Å². The molecule has 1 fully saturated rings. The van der Waals surface area contributed by atoms with E-state index in [2.05, 4.69) is 26.1 Å². The normalized spacial score (nSPS) is 20.4. The summed E-state index contributed by atoms with van der Waals surface area (Å²) in [5.74, 6) is 0.215. The van der Waals surface area contributed by atoms with Crippen molar-refractivity contribution in [1.82, 2.24) is 5.32 Å². The Morgan fingerprint density at radius 3 is 2.53 bits per heavy atom. The minimum Gasteiger partial charge on any atom is -0.311 e. The largest absolute Gasteiger partial charge is 0.311 e. The highest BCUT2D eigenvalue weighted by molar-refractivity contribution is 5.96. The van der Waals surface area contributed by atoms with Crippen LogP contribution >= 0.6 is 0 Å². The molecule has 0 radical (unpaired) electrons. The Bertz CT molecular complexity index is 397. The van der Waals surface area contributed by atoms with Crippen LogP contribution in [0.25, 0.3) is 0 Å². The van der Waals surface area contributed by atoms with Crippen molar-refractivity contribution in [1.29, 1.82) is 0 Å². The number of benzene rings is 1. The average molecular weight is 232 g/mol. The average Bonchev–Trinajstić information content (AvgIpc) is 2.59. The molecule has 0 aliphatic carbocycles. The predicted octanol–water partition coefficient (Wildman–Crippen LogP) is 2.10. The summed E-state index contributed by atoms with van der Waals surface area (Å²) in [5, 5.41) is 3.42. The summed E-state index contributed by atoms with van der Waals surface area (Å²) in [7, 11) is 0. The number of aryl methyl sites for hydroxylation is 1. The Hall–Kier alpha value is -1.35. The third-order valence-corrected chi connectivity index (χ3v) is 3.04. The quantitative estimate of drug-likeness (QED) is 0.865. The molecule has 1 atom stereocenters. The second-order valence-electron chi connectivity index (χ2n) is 5.06. The number of hydrogen-bond donors (Lipinski definition) is 1. The zero-order chi connectivity index (χ0) is 12.4. The van der Waals surface area contributed by atoms with Gasteiger partial charge in [0.25, 0.3) is 0 Å². The maximum absolute atomic E-state index is 11.9. The van der Waals surface area contributed by atoms with Gasteiger partial charge < -0.3 is 10.2 Å². The van der Waals surface area contributed by atoms with E-state index in [0.29, 0.717) is 12.5 Å². The van der Waals surface area contributed by atoms with Crippen molar-refractivity contribution >= 4 is 11.6 Å². The number of carbonyl (C=O) groups is 1. The Morgan fingerprint density at radius 1 is 1.29 bits per heavy atom. The van der Waals surface area contributed by atoms with E-state index in [1.807, 2.05) is 29.2 Å². The molecule has 0 aromatic heterocycles. The highest BCUT2D eigenvalue weighted by atomic mass is 16.2. The fourth-order valence-corrected chi connectivity index (χ4v) is 2.26. The van der Waals surface area contributed by atoms with Gasteiger partial charge in [0.05, 0.1) is 0 Å². The number of hydrogen-bond acceptors (Lipinski definition) is 2. The van der Waals surface area contributed by atoms with Crippen LogP contribution in [0.1, 0.15) is 25.8 Å². The van der Waals surface area contributed by atoms with E-state index < -0.39 is 0 Å². The highest BCUT2D eigenvalue weighted by Crippen LogP contribution is 2.22. The fraction of sp³-hybridized carbons (Fsp3) is 0.500. The Labute approximate surface area is 103 Å². The summed E-state index contributed by atoms with van der Waals surface area (Å²) in [6.07, 6.45) is 0.603. The minimum absolute atomic E-state index is 0.215. The van der Waals surface area contributed by atoms with Gasteiger partial charge in [-0.2, -0.15) is 0 Å². The van der Waals surface area contributed by atoms with Gasteiger partial charge in [-0.3, -0.25) is 4.79 Å². The summed E-state index contributed by atoms with van der Waals surface area (Å²) in [4.78, 5) is 13.8. The molecule has 3 nitrogen and oxygen atoms in total. The van der Waals surface area contributed by atoms with E-state index in [4.69, 9.17) is 0 Å². The third-order valence-electron chi connectivity index (χ3n) is 3.04. The Morgan fingerprint density at radius 2 is 1.94 bits per heavy atom. The molecule has 0 saturated carbocycles. The lowest BCUT2D eigenvalue weighted by molar-refractivity contribution is -0.117. The first-order chi connectivity index (χ1) is 8.06. The summed E-state index contributed by atoms with van der Waals surface area (Å²) < 4.78 is 0. The van der Waals surface area contributed by atoms with Gasteiger partial charge >= 0.3 is 0 Å². The first kappa shape index (κ1) is 12.1. The van der Waals surface area contributed by atoms with E-state index in [9.17, 15) is 4.79 Å². The summed E-state index contributed by atoms with van der Waals surface area (Å²) >= 11 is 0. The van der Waals surface area contributed by atoms with Gasteiger partial charge in [0, 0.05) is 30.7 Å². The Kier molecular flexibility index (Phi) is 3.48. The summed E-state index contributed by atoms with van der Waals surface area (Å²) in [6, 6.07) is 8.84. The molecular weight excluding hydrogens is 212 g/mol. The van der Waals surface area contributed by atoms with Crippen molar-refractivity contribution in [2.75, 3.05) is 11.4 Å². The SMILES string of the molecule is Cc1ccc(N2CC(NC(C)C)CC2=O)cc1.